The van der Waals surface area contributed by atoms with Crippen LogP contribution in [0.25, 0.3) is 33.7 Å². The van der Waals surface area contributed by atoms with Crippen molar-refractivity contribution in [1.29, 1.82) is 5.26 Å². The number of hydrogen-bond donors (Lipinski definition) is 1. The van der Waals surface area contributed by atoms with E-state index in [4.69, 9.17) is 0 Å². The van der Waals surface area contributed by atoms with Gasteiger partial charge in [0.25, 0.3) is 0 Å². The molecule has 0 bridgehead atoms. The molecule has 31 heavy (non-hydrogen) atoms. The van der Waals surface area contributed by atoms with Crippen LogP contribution < -0.4 is 0 Å². The highest BCUT2D eigenvalue weighted by Crippen LogP contribution is 2.39. The van der Waals surface area contributed by atoms with Crippen molar-refractivity contribution >= 4 is 33.7 Å². The number of aromatic hydroxyl groups is 1. The molecule has 0 saturated heterocycles. The Morgan fingerprint density at radius 3 is 1.90 bits per heavy atom. The number of allylic oxidation sites excluding steroid dienone is 2. The van der Waals surface area contributed by atoms with Crippen molar-refractivity contribution in [2.24, 2.45) is 0 Å². The fourth-order valence-electron chi connectivity index (χ4n) is 4.84. The van der Waals surface area contributed by atoms with Gasteiger partial charge in [0.2, 0.25) is 0 Å². The maximum absolute atomic E-state index is 10.3. The van der Waals surface area contributed by atoms with Crippen LogP contribution in [0.3, 0.4) is 0 Å². The molecule has 2 heteroatoms. The summed E-state index contributed by atoms with van der Waals surface area (Å²) >= 11 is 0. The van der Waals surface area contributed by atoms with Crippen LogP contribution in [0.1, 0.15) is 39.7 Å². The SMILES string of the molecule is N#Cc1ccc2c3c(cccc13)C=CC2C#CC1C=Cc2cccc3c(O)ccc1c23. The molecule has 4 aromatic carbocycles. The second-order valence-electron chi connectivity index (χ2n) is 7.99. The monoisotopic (exact) mass is 395 g/mol. The van der Waals surface area contributed by atoms with Gasteiger partial charge >= 0.3 is 0 Å². The van der Waals surface area contributed by atoms with E-state index in [1.807, 2.05) is 42.5 Å². The summed E-state index contributed by atoms with van der Waals surface area (Å²) in [7, 11) is 0. The van der Waals surface area contributed by atoms with Gasteiger partial charge in [0.05, 0.1) is 23.5 Å². The molecule has 0 aromatic heterocycles. The summed E-state index contributed by atoms with van der Waals surface area (Å²) in [4.78, 5) is 0. The molecule has 4 aromatic rings. The highest BCUT2D eigenvalue weighted by Gasteiger charge is 2.20. The van der Waals surface area contributed by atoms with Crippen LogP contribution in [-0.4, -0.2) is 5.11 Å². The Morgan fingerprint density at radius 2 is 1.26 bits per heavy atom. The van der Waals surface area contributed by atoms with Crippen molar-refractivity contribution < 1.29 is 5.11 Å². The van der Waals surface area contributed by atoms with E-state index >= 15 is 0 Å². The van der Waals surface area contributed by atoms with Crippen LogP contribution in [0.2, 0.25) is 0 Å². The lowest BCUT2D eigenvalue weighted by Gasteiger charge is -2.20. The standard InChI is InChI=1S/C29H17NO/c30-17-22-13-14-24-18(9-11-20-3-1-5-23(22)28(20)24)7-8-19-10-12-21-4-2-6-26-27(31)16-15-25(19)29(21)26/h1-6,9-16,18-19,31H. The molecule has 0 heterocycles. The van der Waals surface area contributed by atoms with E-state index in [-0.39, 0.29) is 11.8 Å². The Balaban J connectivity index is 1.46. The zero-order valence-corrected chi connectivity index (χ0v) is 16.6. The maximum atomic E-state index is 10.3. The average Bonchev–Trinajstić information content (AvgIpc) is 2.82. The van der Waals surface area contributed by atoms with Gasteiger partial charge < -0.3 is 5.11 Å². The second-order valence-corrected chi connectivity index (χ2v) is 7.99. The normalized spacial score (nSPS) is 17.9. The van der Waals surface area contributed by atoms with E-state index in [0.717, 1.165) is 43.8 Å². The maximum Gasteiger partial charge on any atom is 0.123 e. The molecule has 0 aliphatic heterocycles. The van der Waals surface area contributed by atoms with Crippen LogP contribution in [0.4, 0.5) is 0 Å². The van der Waals surface area contributed by atoms with Crippen molar-refractivity contribution in [2.45, 2.75) is 11.8 Å². The van der Waals surface area contributed by atoms with E-state index < -0.39 is 0 Å². The number of benzene rings is 4. The summed E-state index contributed by atoms with van der Waals surface area (Å²) in [6.07, 6.45) is 8.49. The number of phenolic OH excluding ortho intramolecular Hbond substituents is 1. The highest BCUT2D eigenvalue weighted by molar-refractivity contribution is 6.00. The van der Waals surface area contributed by atoms with Crippen molar-refractivity contribution in [3.05, 3.63) is 101 Å². The van der Waals surface area contributed by atoms with E-state index in [1.165, 1.54) is 0 Å². The number of nitriles is 1. The molecule has 2 aliphatic rings. The van der Waals surface area contributed by atoms with E-state index in [2.05, 4.69) is 54.3 Å². The Labute approximate surface area is 180 Å². The molecule has 0 amide bonds. The minimum Gasteiger partial charge on any atom is -0.507 e. The van der Waals surface area contributed by atoms with Crippen LogP contribution in [0, 0.1) is 23.2 Å². The van der Waals surface area contributed by atoms with Gasteiger partial charge in [0.15, 0.2) is 0 Å². The van der Waals surface area contributed by atoms with Gasteiger partial charge in [-0.1, -0.05) is 84.7 Å². The lowest BCUT2D eigenvalue weighted by molar-refractivity contribution is 0.481. The van der Waals surface area contributed by atoms with Gasteiger partial charge in [-0.05, 0) is 45.2 Å². The third-order valence-corrected chi connectivity index (χ3v) is 6.31. The van der Waals surface area contributed by atoms with Crippen molar-refractivity contribution in [1.82, 2.24) is 0 Å². The zero-order valence-electron chi connectivity index (χ0n) is 16.6. The average molecular weight is 395 g/mol. The van der Waals surface area contributed by atoms with Gasteiger partial charge in [-0.2, -0.15) is 5.26 Å². The Bertz CT molecular complexity index is 1570. The summed E-state index contributed by atoms with van der Waals surface area (Å²) in [5.41, 5.74) is 5.22. The first-order valence-corrected chi connectivity index (χ1v) is 10.3. The number of hydrogen-bond acceptors (Lipinski definition) is 2. The molecule has 0 spiro atoms. The lowest BCUT2D eigenvalue weighted by Crippen LogP contribution is -2.03. The van der Waals surface area contributed by atoms with Gasteiger partial charge in [-0.25, -0.2) is 0 Å². The van der Waals surface area contributed by atoms with Crippen LogP contribution in [-0.2, 0) is 0 Å². The highest BCUT2D eigenvalue weighted by atomic mass is 16.3. The molecule has 2 aliphatic carbocycles. The van der Waals surface area contributed by atoms with E-state index in [9.17, 15) is 10.4 Å². The van der Waals surface area contributed by atoms with Crippen LogP contribution >= 0.6 is 0 Å². The minimum atomic E-state index is -0.0301. The molecule has 2 atom stereocenters. The van der Waals surface area contributed by atoms with Crippen LogP contribution in [0.15, 0.2) is 72.8 Å². The first-order chi connectivity index (χ1) is 15.2. The molecule has 2 nitrogen and oxygen atoms in total. The molecule has 0 saturated carbocycles. The van der Waals surface area contributed by atoms with Crippen molar-refractivity contribution in [2.75, 3.05) is 0 Å². The molecule has 1 N–H and O–H groups in total. The van der Waals surface area contributed by atoms with Gasteiger partial charge in [-0.3, -0.25) is 0 Å². The molecule has 0 fully saturated rings. The predicted octanol–water partition coefficient (Wildman–Crippen LogP) is 6.49. The largest absolute Gasteiger partial charge is 0.507 e. The molecule has 6 rings (SSSR count). The van der Waals surface area contributed by atoms with E-state index in [0.29, 0.717) is 11.3 Å². The fourth-order valence-corrected chi connectivity index (χ4v) is 4.84. The first-order valence-electron chi connectivity index (χ1n) is 10.3. The van der Waals surface area contributed by atoms with Gasteiger partial charge in [0, 0.05) is 10.8 Å². The third kappa shape index (κ3) is 2.59. The Hall–Kier alpha value is -4.27. The van der Waals surface area contributed by atoms with E-state index in [1.54, 1.807) is 6.07 Å². The molecular weight excluding hydrogens is 378 g/mol. The van der Waals surface area contributed by atoms with Gasteiger partial charge in [-0.15, -0.1) is 0 Å². The number of rotatable bonds is 0. The smallest absolute Gasteiger partial charge is 0.123 e. The predicted molar refractivity (Wildman–Crippen MR) is 126 cm³/mol. The summed E-state index contributed by atoms with van der Waals surface area (Å²) in [6, 6.07) is 22.1. The summed E-state index contributed by atoms with van der Waals surface area (Å²) in [6.45, 7) is 0. The molecule has 0 radical (unpaired) electrons. The first kappa shape index (κ1) is 17.6. The van der Waals surface area contributed by atoms with Gasteiger partial charge in [0.1, 0.15) is 5.75 Å². The summed E-state index contributed by atoms with van der Waals surface area (Å²) in [5.74, 6) is 7.21. The van der Waals surface area contributed by atoms with Crippen LogP contribution in [0.5, 0.6) is 5.75 Å². The third-order valence-electron chi connectivity index (χ3n) is 6.31. The summed E-state index contributed by atoms with van der Waals surface area (Å²) in [5, 5.41) is 23.8. The number of phenols is 1. The number of nitrogens with zero attached hydrogens (tertiary/aromatic N) is 1. The fraction of sp³-hybridized carbons (Fsp3) is 0.0690. The molecular formula is C29H17NO. The lowest BCUT2D eigenvalue weighted by atomic mass is 9.83. The quantitative estimate of drug-likeness (QED) is 0.346. The Kier molecular flexibility index (Phi) is 3.76. The Morgan fingerprint density at radius 1 is 0.677 bits per heavy atom. The summed E-state index contributed by atoms with van der Waals surface area (Å²) < 4.78 is 0. The van der Waals surface area contributed by atoms with Crippen molar-refractivity contribution in [3.63, 3.8) is 0 Å². The molecule has 144 valence electrons. The topological polar surface area (TPSA) is 44.0 Å². The minimum absolute atomic E-state index is 0.0247. The second kappa shape index (κ2) is 6.63. The zero-order chi connectivity index (χ0) is 20.9. The van der Waals surface area contributed by atoms with Crippen molar-refractivity contribution in [3.8, 4) is 23.7 Å². The molecule has 2 unspecified atom stereocenters.